The summed E-state index contributed by atoms with van der Waals surface area (Å²) in [6.07, 6.45) is 1.13. The molecular formula is C26H32N2. The molecule has 28 heavy (non-hydrogen) atoms. The van der Waals surface area contributed by atoms with Crippen molar-refractivity contribution in [3.8, 4) is 0 Å². The van der Waals surface area contributed by atoms with Gasteiger partial charge in [-0.1, -0.05) is 91.0 Å². The monoisotopic (exact) mass is 372 g/mol. The van der Waals surface area contributed by atoms with Crippen LogP contribution in [0, 0.1) is 0 Å². The van der Waals surface area contributed by atoms with Gasteiger partial charge in [0.15, 0.2) is 0 Å². The molecule has 0 saturated heterocycles. The molecule has 3 aromatic carbocycles. The normalized spacial score (nSPS) is 11.5. The first-order valence-corrected chi connectivity index (χ1v) is 10.2. The van der Waals surface area contributed by atoms with Crippen LogP contribution in [0.4, 0.5) is 0 Å². The second kappa shape index (κ2) is 10.8. The Morgan fingerprint density at radius 1 is 0.571 bits per heavy atom. The molecule has 0 radical (unpaired) electrons. The Hall–Kier alpha value is -2.42. The maximum atomic E-state index is 2.46. The van der Waals surface area contributed by atoms with Gasteiger partial charge in [-0.05, 0) is 43.8 Å². The topological polar surface area (TPSA) is 6.48 Å². The van der Waals surface area contributed by atoms with Gasteiger partial charge in [0.1, 0.15) is 0 Å². The molecule has 0 spiro atoms. The van der Waals surface area contributed by atoms with Crippen LogP contribution in [-0.2, 0) is 6.54 Å². The quantitative estimate of drug-likeness (QED) is 0.478. The van der Waals surface area contributed by atoms with Crippen molar-refractivity contribution >= 4 is 0 Å². The Bertz CT molecular complexity index is 747. The minimum Gasteiger partial charge on any atom is -0.305 e. The molecule has 0 amide bonds. The molecule has 0 saturated carbocycles. The van der Waals surface area contributed by atoms with Crippen LogP contribution in [0.5, 0.6) is 0 Å². The molecule has 0 aromatic heterocycles. The number of hydrogen-bond acceptors (Lipinski definition) is 2. The summed E-state index contributed by atoms with van der Waals surface area (Å²) in [5, 5.41) is 0. The van der Waals surface area contributed by atoms with Crippen LogP contribution in [-0.4, -0.2) is 43.5 Å². The van der Waals surface area contributed by atoms with Gasteiger partial charge in [-0.2, -0.15) is 0 Å². The van der Waals surface area contributed by atoms with Gasteiger partial charge in [-0.3, -0.25) is 0 Å². The lowest BCUT2D eigenvalue weighted by molar-refractivity contribution is 0.248. The molecule has 0 bridgehead atoms. The molecule has 2 heteroatoms. The van der Waals surface area contributed by atoms with E-state index < -0.39 is 0 Å². The number of hydrogen-bond donors (Lipinski definition) is 0. The first kappa shape index (κ1) is 20.3. The van der Waals surface area contributed by atoms with Crippen molar-refractivity contribution in [1.82, 2.24) is 9.80 Å². The molecule has 0 fully saturated rings. The zero-order valence-corrected chi connectivity index (χ0v) is 17.2. The third-order valence-electron chi connectivity index (χ3n) is 5.36. The maximum Gasteiger partial charge on any atom is 0.0231 e. The van der Waals surface area contributed by atoms with Gasteiger partial charge in [0.2, 0.25) is 0 Å². The van der Waals surface area contributed by atoms with E-state index in [1.165, 1.54) is 16.7 Å². The minimum atomic E-state index is 0.451. The Morgan fingerprint density at radius 3 is 1.57 bits per heavy atom. The van der Waals surface area contributed by atoms with Gasteiger partial charge < -0.3 is 9.80 Å². The van der Waals surface area contributed by atoms with E-state index in [9.17, 15) is 0 Å². The lowest BCUT2D eigenvalue weighted by atomic mass is 9.88. The van der Waals surface area contributed by atoms with Crippen molar-refractivity contribution in [2.75, 3.05) is 33.7 Å². The molecule has 3 aromatic rings. The number of nitrogens with zero attached hydrogens (tertiary/aromatic N) is 2. The predicted molar refractivity (Wildman–Crippen MR) is 120 cm³/mol. The zero-order valence-electron chi connectivity index (χ0n) is 17.2. The van der Waals surface area contributed by atoms with Crippen molar-refractivity contribution in [1.29, 1.82) is 0 Å². The summed E-state index contributed by atoms with van der Waals surface area (Å²) in [5.41, 5.74) is 4.19. The molecule has 0 aliphatic heterocycles. The van der Waals surface area contributed by atoms with Crippen LogP contribution < -0.4 is 0 Å². The van der Waals surface area contributed by atoms with E-state index in [2.05, 4.69) is 115 Å². The smallest absolute Gasteiger partial charge is 0.0231 e. The molecule has 0 aliphatic carbocycles. The third-order valence-corrected chi connectivity index (χ3v) is 5.36. The zero-order chi connectivity index (χ0) is 19.6. The lowest BCUT2D eigenvalue weighted by Gasteiger charge is -2.25. The van der Waals surface area contributed by atoms with Gasteiger partial charge in [0, 0.05) is 25.6 Å². The molecule has 0 heterocycles. The van der Waals surface area contributed by atoms with Crippen molar-refractivity contribution in [2.24, 2.45) is 0 Å². The van der Waals surface area contributed by atoms with E-state index in [-0.39, 0.29) is 0 Å². The predicted octanol–water partition coefficient (Wildman–Crippen LogP) is 5.27. The summed E-state index contributed by atoms with van der Waals surface area (Å²) in [7, 11) is 4.45. The summed E-state index contributed by atoms with van der Waals surface area (Å²) in [6, 6.07) is 32.5. The largest absolute Gasteiger partial charge is 0.305 e. The molecular weight excluding hydrogens is 340 g/mol. The fourth-order valence-corrected chi connectivity index (χ4v) is 3.67. The average Bonchev–Trinajstić information content (AvgIpc) is 2.75. The van der Waals surface area contributed by atoms with Crippen LogP contribution >= 0.6 is 0 Å². The van der Waals surface area contributed by atoms with Crippen LogP contribution in [0.2, 0.25) is 0 Å². The Morgan fingerprint density at radius 2 is 1.04 bits per heavy atom. The van der Waals surface area contributed by atoms with Crippen molar-refractivity contribution < 1.29 is 0 Å². The molecule has 3 rings (SSSR count). The van der Waals surface area contributed by atoms with E-state index in [0.717, 1.165) is 32.6 Å². The lowest BCUT2D eigenvalue weighted by Crippen LogP contribution is -2.31. The minimum absolute atomic E-state index is 0.451. The first-order chi connectivity index (χ1) is 13.7. The summed E-state index contributed by atoms with van der Waals surface area (Å²) in [6.45, 7) is 4.26. The highest BCUT2D eigenvalue weighted by Gasteiger charge is 2.14. The van der Waals surface area contributed by atoms with Crippen molar-refractivity contribution in [3.05, 3.63) is 108 Å². The summed E-state index contributed by atoms with van der Waals surface area (Å²) in [5.74, 6) is 0.451. The Labute approximate surface area is 170 Å². The second-order valence-corrected chi connectivity index (χ2v) is 7.69. The summed E-state index contributed by atoms with van der Waals surface area (Å²) in [4.78, 5) is 4.86. The third kappa shape index (κ3) is 6.33. The van der Waals surface area contributed by atoms with Crippen LogP contribution in [0.25, 0.3) is 0 Å². The molecule has 0 N–H and O–H groups in total. The standard InChI is InChI=1S/C26H32N2/c1-27(20-21-28(2)22-23-12-6-3-7-13-23)19-18-26(24-14-8-4-9-15-24)25-16-10-5-11-17-25/h3-17,26H,18-22H2,1-2H3. The Kier molecular flexibility index (Phi) is 7.83. The van der Waals surface area contributed by atoms with Crippen LogP contribution in [0.15, 0.2) is 91.0 Å². The molecule has 0 aliphatic rings. The second-order valence-electron chi connectivity index (χ2n) is 7.69. The van der Waals surface area contributed by atoms with E-state index in [4.69, 9.17) is 0 Å². The van der Waals surface area contributed by atoms with Gasteiger partial charge in [0.05, 0.1) is 0 Å². The van der Waals surface area contributed by atoms with Gasteiger partial charge in [-0.15, -0.1) is 0 Å². The number of benzene rings is 3. The fourth-order valence-electron chi connectivity index (χ4n) is 3.67. The average molecular weight is 373 g/mol. The molecule has 0 unspecified atom stereocenters. The van der Waals surface area contributed by atoms with Crippen molar-refractivity contribution in [2.45, 2.75) is 18.9 Å². The number of likely N-dealkylation sites (N-methyl/N-ethyl adjacent to an activating group) is 2. The molecule has 2 nitrogen and oxygen atoms in total. The maximum absolute atomic E-state index is 2.46. The van der Waals surface area contributed by atoms with Gasteiger partial charge in [-0.25, -0.2) is 0 Å². The fraction of sp³-hybridized carbons (Fsp3) is 0.308. The van der Waals surface area contributed by atoms with Crippen LogP contribution in [0.1, 0.15) is 29.0 Å². The van der Waals surface area contributed by atoms with Gasteiger partial charge in [0.25, 0.3) is 0 Å². The summed E-state index contributed by atoms with van der Waals surface area (Å²) >= 11 is 0. The highest BCUT2D eigenvalue weighted by atomic mass is 15.2. The first-order valence-electron chi connectivity index (χ1n) is 10.2. The highest BCUT2D eigenvalue weighted by molar-refractivity contribution is 5.32. The van der Waals surface area contributed by atoms with Crippen LogP contribution in [0.3, 0.4) is 0 Å². The molecule has 0 atom stereocenters. The highest BCUT2D eigenvalue weighted by Crippen LogP contribution is 2.27. The Balaban J connectivity index is 1.51. The van der Waals surface area contributed by atoms with E-state index >= 15 is 0 Å². The van der Waals surface area contributed by atoms with E-state index in [1.807, 2.05) is 0 Å². The SMILES string of the molecule is CN(CCC(c1ccccc1)c1ccccc1)CCN(C)Cc1ccccc1. The summed E-state index contributed by atoms with van der Waals surface area (Å²) < 4.78 is 0. The van der Waals surface area contributed by atoms with Gasteiger partial charge >= 0.3 is 0 Å². The van der Waals surface area contributed by atoms with E-state index in [1.54, 1.807) is 0 Å². The van der Waals surface area contributed by atoms with E-state index in [0.29, 0.717) is 5.92 Å². The van der Waals surface area contributed by atoms with Crippen molar-refractivity contribution in [3.63, 3.8) is 0 Å². The molecule has 146 valence electrons. The number of rotatable bonds is 10.